The van der Waals surface area contributed by atoms with Crippen LogP contribution in [0.4, 0.5) is 0 Å². The summed E-state index contributed by atoms with van der Waals surface area (Å²) in [4.78, 5) is 4.03. The van der Waals surface area contributed by atoms with Crippen molar-refractivity contribution in [1.29, 1.82) is 0 Å². The molecule has 0 aliphatic heterocycles. The quantitative estimate of drug-likeness (QED) is 0.874. The first-order valence-corrected chi connectivity index (χ1v) is 7.89. The van der Waals surface area contributed by atoms with Crippen LogP contribution >= 0.6 is 0 Å². The van der Waals surface area contributed by atoms with Crippen molar-refractivity contribution in [1.82, 2.24) is 14.9 Å². The first-order chi connectivity index (χ1) is 9.16. The number of hydrogen-bond donors (Lipinski definition) is 1. The minimum absolute atomic E-state index is 0.185. The van der Waals surface area contributed by atoms with E-state index in [9.17, 15) is 4.21 Å². The van der Waals surface area contributed by atoms with E-state index in [-0.39, 0.29) is 5.25 Å². The van der Waals surface area contributed by atoms with Crippen molar-refractivity contribution in [3.8, 4) is 5.69 Å². The Kier molecular flexibility index (Phi) is 4.87. The Labute approximate surface area is 116 Å². The molecule has 5 heteroatoms. The zero-order valence-corrected chi connectivity index (χ0v) is 12.1. The summed E-state index contributed by atoms with van der Waals surface area (Å²) in [5, 5.41) is 3.51. The van der Waals surface area contributed by atoms with Crippen LogP contribution in [-0.2, 0) is 17.3 Å². The van der Waals surface area contributed by atoms with Gasteiger partial charge in [-0.2, -0.15) is 0 Å². The van der Waals surface area contributed by atoms with E-state index in [1.54, 1.807) is 18.8 Å². The van der Waals surface area contributed by atoms with Crippen molar-refractivity contribution in [2.24, 2.45) is 0 Å². The van der Waals surface area contributed by atoms with Gasteiger partial charge in [0.25, 0.3) is 0 Å². The maximum atomic E-state index is 11.2. The zero-order valence-electron chi connectivity index (χ0n) is 11.2. The summed E-state index contributed by atoms with van der Waals surface area (Å²) in [6.45, 7) is 3.56. The van der Waals surface area contributed by atoms with Crippen molar-refractivity contribution in [2.75, 3.05) is 12.8 Å². The van der Waals surface area contributed by atoms with Crippen molar-refractivity contribution in [3.05, 3.63) is 48.5 Å². The number of nitrogens with one attached hydrogen (secondary N) is 1. The molecule has 0 bridgehead atoms. The molecule has 0 aliphatic carbocycles. The number of imidazole rings is 1. The van der Waals surface area contributed by atoms with Crippen LogP contribution in [0.2, 0.25) is 0 Å². The Bertz CT molecular complexity index is 522. The van der Waals surface area contributed by atoms with Gasteiger partial charge in [0.05, 0.1) is 6.33 Å². The molecule has 19 heavy (non-hydrogen) atoms. The first kappa shape index (κ1) is 14.0. The predicted octanol–water partition coefficient (Wildman–Crippen LogP) is 1.73. The molecule has 0 amide bonds. The average molecular weight is 277 g/mol. The van der Waals surface area contributed by atoms with Gasteiger partial charge in [-0.15, -0.1) is 0 Å². The van der Waals surface area contributed by atoms with Gasteiger partial charge < -0.3 is 9.88 Å². The van der Waals surface area contributed by atoms with Gasteiger partial charge >= 0.3 is 0 Å². The third-order valence-electron chi connectivity index (χ3n) is 3.07. The molecular formula is C14H19N3OS. The standard InChI is InChI=1S/C14H19N3OS/c1-12(19(2)18)9-16-10-13-3-5-14(6-4-13)17-8-7-15-11-17/h3-8,11-12,16H,9-10H2,1-2H3. The molecule has 0 radical (unpaired) electrons. The van der Waals surface area contributed by atoms with Gasteiger partial charge in [0.2, 0.25) is 0 Å². The van der Waals surface area contributed by atoms with Gasteiger partial charge in [0.15, 0.2) is 0 Å². The van der Waals surface area contributed by atoms with Crippen LogP contribution in [0.25, 0.3) is 5.69 Å². The summed E-state index contributed by atoms with van der Waals surface area (Å²) in [7, 11) is -0.765. The second-order valence-corrected chi connectivity index (χ2v) is 6.38. The van der Waals surface area contributed by atoms with Crippen LogP contribution in [0.3, 0.4) is 0 Å². The smallest absolute Gasteiger partial charge is 0.0991 e. The summed E-state index contributed by atoms with van der Waals surface area (Å²) in [6.07, 6.45) is 7.21. The average Bonchev–Trinajstić information content (AvgIpc) is 2.93. The topological polar surface area (TPSA) is 46.9 Å². The van der Waals surface area contributed by atoms with E-state index in [1.807, 2.05) is 17.7 Å². The number of hydrogen-bond acceptors (Lipinski definition) is 3. The van der Waals surface area contributed by atoms with E-state index in [4.69, 9.17) is 0 Å². The normalized spacial score (nSPS) is 14.2. The van der Waals surface area contributed by atoms with E-state index in [1.165, 1.54) is 5.56 Å². The Morgan fingerprint density at radius 2 is 2.11 bits per heavy atom. The molecule has 102 valence electrons. The van der Waals surface area contributed by atoms with Crippen LogP contribution in [0.15, 0.2) is 43.0 Å². The fourth-order valence-electron chi connectivity index (χ4n) is 1.73. The molecule has 2 atom stereocenters. The van der Waals surface area contributed by atoms with Crippen LogP contribution in [-0.4, -0.2) is 31.8 Å². The summed E-state index contributed by atoms with van der Waals surface area (Å²) >= 11 is 0. The fraction of sp³-hybridized carbons (Fsp3) is 0.357. The van der Waals surface area contributed by atoms with E-state index in [0.29, 0.717) is 0 Å². The molecule has 2 aromatic rings. The molecule has 1 N–H and O–H groups in total. The van der Waals surface area contributed by atoms with Gasteiger partial charge in [0.1, 0.15) is 0 Å². The van der Waals surface area contributed by atoms with Gasteiger partial charge in [-0.1, -0.05) is 12.1 Å². The van der Waals surface area contributed by atoms with Crippen LogP contribution < -0.4 is 5.32 Å². The van der Waals surface area contributed by atoms with E-state index in [0.717, 1.165) is 18.8 Å². The first-order valence-electron chi connectivity index (χ1n) is 6.27. The summed E-state index contributed by atoms with van der Waals surface area (Å²) in [5.74, 6) is 0. The number of rotatable bonds is 6. The van der Waals surface area contributed by atoms with Gasteiger partial charge in [0, 0.05) is 53.5 Å². The molecule has 1 heterocycles. The molecule has 0 aliphatic rings. The highest BCUT2D eigenvalue weighted by atomic mass is 32.2. The molecule has 1 aromatic heterocycles. The second kappa shape index (κ2) is 6.63. The fourth-order valence-corrected chi connectivity index (χ4v) is 2.09. The molecule has 0 spiro atoms. The van der Waals surface area contributed by atoms with Crippen LogP contribution in [0.5, 0.6) is 0 Å². The molecule has 2 unspecified atom stereocenters. The van der Waals surface area contributed by atoms with Crippen molar-refractivity contribution in [2.45, 2.75) is 18.7 Å². The minimum Gasteiger partial charge on any atom is -0.311 e. The number of nitrogens with zero attached hydrogens (tertiary/aromatic N) is 2. The van der Waals surface area contributed by atoms with E-state index in [2.05, 4.69) is 34.6 Å². The van der Waals surface area contributed by atoms with Crippen molar-refractivity contribution in [3.63, 3.8) is 0 Å². The van der Waals surface area contributed by atoms with E-state index >= 15 is 0 Å². The SMILES string of the molecule is CC(CNCc1ccc(-n2ccnc2)cc1)S(C)=O. The maximum absolute atomic E-state index is 11.2. The molecule has 0 saturated heterocycles. The Hall–Kier alpha value is -1.46. The second-order valence-electron chi connectivity index (χ2n) is 4.58. The van der Waals surface area contributed by atoms with Crippen molar-refractivity contribution < 1.29 is 4.21 Å². The monoisotopic (exact) mass is 277 g/mol. The molecule has 1 aromatic carbocycles. The highest BCUT2D eigenvalue weighted by Crippen LogP contribution is 2.09. The lowest BCUT2D eigenvalue weighted by atomic mass is 10.2. The van der Waals surface area contributed by atoms with Gasteiger partial charge in [-0.05, 0) is 24.6 Å². The maximum Gasteiger partial charge on any atom is 0.0991 e. The van der Waals surface area contributed by atoms with Gasteiger partial charge in [-0.3, -0.25) is 4.21 Å². The summed E-state index contributed by atoms with van der Waals surface area (Å²) in [6, 6.07) is 8.33. The highest BCUT2D eigenvalue weighted by molar-refractivity contribution is 7.84. The summed E-state index contributed by atoms with van der Waals surface area (Å²) in [5.41, 5.74) is 2.32. The Morgan fingerprint density at radius 3 is 2.68 bits per heavy atom. The highest BCUT2D eigenvalue weighted by Gasteiger charge is 2.04. The van der Waals surface area contributed by atoms with Crippen molar-refractivity contribution >= 4 is 10.8 Å². The zero-order chi connectivity index (χ0) is 13.7. The molecule has 2 rings (SSSR count). The lowest BCUT2D eigenvalue weighted by Crippen LogP contribution is -2.27. The Balaban J connectivity index is 1.87. The molecule has 0 saturated carbocycles. The van der Waals surface area contributed by atoms with Gasteiger partial charge in [-0.25, -0.2) is 4.98 Å². The summed E-state index contributed by atoms with van der Waals surface area (Å²) < 4.78 is 13.2. The Morgan fingerprint density at radius 1 is 1.37 bits per heavy atom. The molecule has 4 nitrogen and oxygen atoms in total. The number of benzene rings is 1. The minimum atomic E-state index is -0.765. The molecule has 0 fully saturated rings. The predicted molar refractivity (Wildman–Crippen MR) is 78.8 cm³/mol. The largest absolute Gasteiger partial charge is 0.311 e. The number of aromatic nitrogens is 2. The lowest BCUT2D eigenvalue weighted by molar-refractivity contribution is 0.647. The third-order valence-corrected chi connectivity index (χ3v) is 4.37. The third kappa shape index (κ3) is 4.01. The molecular weight excluding hydrogens is 258 g/mol. The van der Waals surface area contributed by atoms with Crippen LogP contribution in [0.1, 0.15) is 12.5 Å². The van der Waals surface area contributed by atoms with Crippen LogP contribution in [0, 0.1) is 0 Å². The lowest BCUT2D eigenvalue weighted by Gasteiger charge is -2.10. The van der Waals surface area contributed by atoms with E-state index < -0.39 is 10.8 Å².